The van der Waals surface area contributed by atoms with Gasteiger partial charge in [-0.3, -0.25) is 14.2 Å². The summed E-state index contributed by atoms with van der Waals surface area (Å²) in [6, 6.07) is 20.6. The molecule has 5 rings (SSSR count). The van der Waals surface area contributed by atoms with Gasteiger partial charge in [-0.15, -0.1) is 0 Å². The quantitative estimate of drug-likeness (QED) is 0.549. The maximum Gasteiger partial charge on any atom is 0.261 e. The zero-order chi connectivity index (χ0) is 21.4. The molecule has 1 aliphatic heterocycles. The number of nitrogens with zero attached hydrogens (tertiary/aromatic N) is 2. The Labute approximate surface area is 179 Å². The Bertz CT molecular complexity index is 1310. The topological polar surface area (TPSA) is 73.2 Å². The van der Waals surface area contributed by atoms with Crippen LogP contribution in [0.1, 0.15) is 29.2 Å². The number of fused-ring (bicyclic) bond motifs is 3. The van der Waals surface area contributed by atoms with Crippen LogP contribution in [-0.2, 0) is 11.3 Å². The molecule has 4 aromatic rings. The summed E-state index contributed by atoms with van der Waals surface area (Å²) in [5, 5.41) is 3.68. The number of nitrogens with one attached hydrogen (secondary N) is 1. The van der Waals surface area contributed by atoms with Crippen LogP contribution in [0.25, 0.3) is 10.9 Å². The van der Waals surface area contributed by atoms with Crippen molar-refractivity contribution < 1.29 is 9.53 Å². The van der Waals surface area contributed by atoms with Gasteiger partial charge < -0.3 is 10.1 Å². The summed E-state index contributed by atoms with van der Waals surface area (Å²) < 4.78 is 7.47. The molecule has 3 aromatic carbocycles. The normalized spacial score (nSPS) is 12.7. The second kappa shape index (κ2) is 7.72. The smallest absolute Gasteiger partial charge is 0.261 e. The van der Waals surface area contributed by atoms with Crippen molar-refractivity contribution in [3.8, 4) is 11.5 Å². The molecule has 2 heterocycles. The van der Waals surface area contributed by atoms with Crippen LogP contribution in [0.4, 0.5) is 0 Å². The Balaban J connectivity index is 1.37. The van der Waals surface area contributed by atoms with E-state index >= 15 is 0 Å². The number of benzene rings is 3. The molecule has 154 valence electrons. The Kier molecular flexibility index (Phi) is 4.75. The lowest BCUT2D eigenvalue weighted by Crippen LogP contribution is -2.32. The molecular formula is C25H21N3O3. The number of carbonyl (C=O) groups is 1. The monoisotopic (exact) mass is 411 g/mol. The summed E-state index contributed by atoms with van der Waals surface area (Å²) in [6.07, 6.45) is 1.69. The molecule has 1 amide bonds. The summed E-state index contributed by atoms with van der Waals surface area (Å²) in [6.45, 7) is 2.18. The molecule has 1 aliphatic rings. The van der Waals surface area contributed by atoms with Crippen molar-refractivity contribution in [2.45, 2.75) is 25.9 Å². The molecule has 0 saturated carbocycles. The van der Waals surface area contributed by atoms with Gasteiger partial charge in [0.05, 0.1) is 23.3 Å². The lowest BCUT2D eigenvalue weighted by molar-refractivity contribution is -0.121. The average molecular weight is 411 g/mol. The molecule has 6 heteroatoms. The molecule has 0 spiro atoms. The number of rotatable bonds is 4. The second-order valence-electron chi connectivity index (χ2n) is 7.64. The van der Waals surface area contributed by atoms with Gasteiger partial charge in [0.15, 0.2) is 0 Å². The fourth-order valence-electron chi connectivity index (χ4n) is 4.02. The Morgan fingerprint density at radius 1 is 1.00 bits per heavy atom. The predicted octanol–water partition coefficient (Wildman–Crippen LogP) is 4.11. The van der Waals surface area contributed by atoms with Crippen LogP contribution >= 0.6 is 0 Å². The van der Waals surface area contributed by atoms with E-state index in [-0.39, 0.29) is 30.5 Å². The number of aryl methyl sites for hydroxylation is 2. The molecular weight excluding hydrogens is 390 g/mol. The third-order valence-corrected chi connectivity index (χ3v) is 5.62. The van der Waals surface area contributed by atoms with Gasteiger partial charge in [-0.25, -0.2) is 4.98 Å². The van der Waals surface area contributed by atoms with Crippen molar-refractivity contribution >= 4 is 16.8 Å². The lowest BCUT2D eigenvalue weighted by Gasteiger charge is -2.28. The first-order valence-corrected chi connectivity index (χ1v) is 10.2. The first-order valence-electron chi connectivity index (χ1n) is 10.2. The van der Waals surface area contributed by atoms with Crippen LogP contribution in [0.15, 0.2) is 77.9 Å². The lowest BCUT2D eigenvalue weighted by atomic mass is 9.94. The van der Waals surface area contributed by atoms with Gasteiger partial charge in [0, 0.05) is 24.1 Å². The fourth-order valence-corrected chi connectivity index (χ4v) is 4.02. The molecule has 1 N–H and O–H groups in total. The van der Waals surface area contributed by atoms with Crippen molar-refractivity contribution in [1.29, 1.82) is 0 Å². The molecule has 0 aliphatic carbocycles. The molecule has 6 nitrogen and oxygen atoms in total. The first kappa shape index (κ1) is 19.1. The van der Waals surface area contributed by atoms with Crippen molar-refractivity contribution in [3.63, 3.8) is 0 Å². The predicted molar refractivity (Wildman–Crippen MR) is 118 cm³/mol. The van der Waals surface area contributed by atoms with E-state index in [0.717, 1.165) is 28.2 Å². The standard InChI is InChI=1S/C25H21N3O3/c1-16-7-6-10-19-23(16)26-15-28(25(19)30)14-13-22(29)27-24-17-8-2-4-11-20(17)31-21-12-5-3-9-18(21)24/h2-12,15,24H,13-14H2,1H3,(H,27,29). The van der Waals surface area contributed by atoms with Crippen LogP contribution in [0.3, 0.4) is 0 Å². The minimum absolute atomic E-state index is 0.136. The maximum atomic E-state index is 12.8. The van der Waals surface area contributed by atoms with Crippen LogP contribution in [0.5, 0.6) is 11.5 Å². The van der Waals surface area contributed by atoms with Crippen LogP contribution < -0.4 is 15.6 Å². The van der Waals surface area contributed by atoms with E-state index in [1.807, 2.05) is 67.6 Å². The van der Waals surface area contributed by atoms with E-state index in [0.29, 0.717) is 10.9 Å². The molecule has 0 fully saturated rings. The van der Waals surface area contributed by atoms with Gasteiger partial charge in [0.1, 0.15) is 11.5 Å². The number of amides is 1. The summed E-state index contributed by atoms with van der Waals surface area (Å²) in [5.74, 6) is 1.32. The number of hydrogen-bond acceptors (Lipinski definition) is 4. The number of hydrogen-bond donors (Lipinski definition) is 1. The van der Waals surface area contributed by atoms with E-state index in [2.05, 4.69) is 10.3 Å². The number of aromatic nitrogens is 2. The van der Waals surface area contributed by atoms with E-state index in [9.17, 15) is 9.59 Å². The van der Waals surface area contributed by atoms with Crippen molar-refractivity contribution in [3.05, 3.63) is 100 Å². The zero-order valence-electron chi connectivity index (χ0n) is 17.0. The van der Waals surface area contributed by atoms with Crippen LogP contribution in [0.2, 0.25) is 0 Å². The number of carbonyl (C=O) groups excluding carboxylic acids is 1. The minimum Gasteiger partial charge on any atom is -0.457 e. The highest BCUT2D eigenvalue weighted by Crippen LogP contribution is 2.42. The third kappa shape index (κ3) is 3.46. The highest BCUT2D eigenvalue weighted by molar-refractivity contribution is 5.80. The van der Waals surface area contributed by atoms with Crippen molar-refractivity contribution in [2.75, 3.05) is 0 Å². The van der Waals surface area contributed by atoms with Gasteiger partial charge >= 0.3 is 0 Å². The Morgan fingerprint density at radius 2 is 1.68 bits per heavy atom. The molecule has 0 radical (unpaired) electrons. The first-order chi connectivity index (χ1) is 15.1. The minimum atomic E-state index is -0.303. The molecule has 0 bridgehead atoms. The summed E-state index contributed by atoms with van der Waals surface area (Å²) >= 11 is 0. The highest BCUT2D eigenvalue weighted by atomic mass is 16.5. The maximum absolute atomic E-state index is 12.8. The van der Waals surface area contributed by atoms with E-state index in [1.165, 1.54) is 10.9 Å². The van der Waals surface area contributed by atoms with Crippen molar-refractivity contribution in [2.24, 2.45) is 0 Å². The average Bonchev–Trinajstić information content (AvgIpc) is 2.79. The molecule has 0 unspecified atom stereocenters. The Morgan fingerprint density at radius 3 is 2.39 bits per heavy atom. The third-order valence-electron chi connectivity index (χ3n) is 5.62. The van der Waals surface area contributed by atoms with Gasteiger partial charge in [-0.05, 0) is 30.7 Å². The largest absolute Gasteiger partial charge is 0.457 e. The van der Waals surface area contributed by atoms with E-state index in [1.54, 1.807) is 6.07 Å². The van der Waals surface area contributed by atoms with E-state index in [4.69, 9.17) is 4.74 Å². The fraction of sp³-hybridized carbons (Fsp3) is 0.160. The summed E-state index contributed by atoms with van der Waals surface area (Å²) in [5.41, 5.74) is 3.34. The molecule has 31 heavy (non-hydrogen) atoms. The second-order valence-corrected chi connectivity index (χ2v) is 7.64. The van der Waals surface area contributed by atoms with E-state index < -0.39 is 0 Å². The number of para-hydroxylation sites is 3. The molecule has 0 atom stereocenters. The SMILES string of the molecule is Cc1cccc2c(=O)n(CCC(=O)NC3c4ccccc4Oc4ccccc43)cnc12. The number of ether oxygens (including phenoxy) is 1. The molecule has 1 aromatic heterocycles. The summed E-state index contributed by atoms with van der Waals surface area (Å²) in [4.78, 5) is 30.0. The van der Waals surface area contributed by atoms with Gasteiger partial charge in [0.2, 0.25) is 5.91 Å². The van der Waals surface area contributed by atoms with Gasteiger partial charge in [-0.1, -0.05) is 48.5 Å². The Hall–Kier alpha value is -3.93. The van der Waals surface area contributed by atoms with Gasteiger partial charge in [0.25, 0.3) is 5.56 Å². The summed E-state index contributed by atoms with van der Waals surface area (Å²) in [7, 11) is 0. The van der Waals surface area contributed by atoms with Crippen molar-refractivity contribution in [1.82, 2.24) is 14.9 Å². The zero-order valence-corrected chi connectivity index (χ0v) is 17.0. The highest BCUT2D eigenvalue weighted by Gasteiger charge is 2.27. The van der Waals surface area contributed by atoms with Gasteiger partial charge in [-0.2, -0.15) is 0 Å². The molecule has 0 saturated heterocycles. The van der Waals surface area contributed by atoms with Crippen LogP contribution in [-0.4, -0.2) is 15.5 Å². The van der Waals surface area contributed by atoms with Crippen LogP contribution in [0, 0.1) is 6.92 Å².